The number of imide groups is 1. The summed E-state index contributed by atoms with van der Waals surface area (Å²) in [6.45, 7) is 3.34. The third-order valence-electron chi connectivity index (χ3n) is 3.16. The Labute approximate surface area is 110 Å². The van der Waals surface area contributed by atoms with Gasteiger partial charge in [-0.05, 0) is 25.4 Å². The molecule has 2 rings (SSSR count). The third kappa shape index (κ3) is 2.70. The van der Waals surface area contributed by atoms with Crippen LogP contribution in [-0.4, -0.2) is 48.4 Å². The summed E-state index contributed by atoms with van der Waals surface area (Å²) in [6.07, 6.45) is 0. The van der Waals surface area contributed by atoms with E-state index in [1.54, 1.807) is 11.3 Å². The highest BCUT2D eigenvalue weighted by Crippen LogP contribution is 2.23. The summed E-state index contributed by atoms with van der Waals surface area (Å²) in [4.78, 5) is 27.8. The second kappa shape index (κ2) is 5.49. The van der Waals surface area contributed by atoms with Gasteiger partial charge in [-0.15, -0.1) is 11.3 Å². The summed E-state index contributed by atoms with van der Waals surface area (Å²) >= 11 is 1.67. The van der Waals surface area contributed by atoms with Gasteiger partial charge in [0.1, 0.15) is 0 Å². The van der Waals surface area contributed by atoms with Crippen LogP contribution in [0, 0.1) is 0 Å². The van der Waals surface area contributed by atoms with E-state index >= 15 is 0 Å². The zero-order valence-electron chi connectivity index (χ0n) is 10.5. The van der Waals surface area contributed by atoms with Crippen LogP contribution in [0.3, 0.4) is 0 Å². The zero-order chi connectivity index (χ0) is 13.1. The maximum Gasteiger partial charge on any atom is 0.324 e. The van der Waals surface area contributed by atoms with Gasteiger partial charge in [0.15, 0.2) is 0 Å². The minimum atomic E-state index is -0.280. The van der Waals surface area contributed by atoms with Gasteiger partial charge in [-0.2, -0.15) is 0 Å². The first-order valence-electron chi connectivity index (χ1n) is 5.91. The molecule has 5 nitrogen and oxygen atoms in total. The highest BCUT2D eigenvalue weighted by molar-refractivity contribution is 7.10. The quantitative estimate of drug-likeness (QED) is 0.894. The van der Waals surface area contributed by atoms with Crippen molar-refractivity contribution in [1.29, 1.82) is 0 Å². The molecule has 1 saturated heterocycles. The molecule has 0 saturated carbocycles. The molecule has 1 unspecified atom stereocenters. The van der Waals surface area contributed by atoms with Crippen molar-refractivity contribution in [2.45, 2.75) is 13.0 Å². The summed E-state index contributed by atoms with van der Waals surface area (Å²) in [7, 11) is 1.90. The Hall–Kier alpha value is -1.40. The molecule has 0 bridgehead atoms. The molecule has 1 aromatic rings. The highest BCUT2D eigenvalue weighted by atomic mass is 32.1. The first-order chi connectivity index (χ1) is 8.59. The maximum atomic E-state index is 12.0. The van der Waals surface area contributed by atoms with Gasteiger partial charge < -0.3 is 5.32 Å². The van der Waals surface area contributed by atoms with E-state index in [0.29, 0.717) is 13.1 Å². The summed E-state index contributed by atoms with van der Waals surface area (Å²) in [6, 6.07) is 3.95. The van der Waals surface area contributed by atoms with Crippen LogP contribution in [0.5, 0.6) is 0 Å². The van der Waals surface area contributed by atoms with E-state index in [1.165, 1.54) is 9.78 Å². The van der Waals surface area contributed by atoms with Crippen LogP contribution < -0.4 is 5.32 Å². The molecule has 6 heteroatoms. The topological polar surface area (TPSA) is 52.7 Å². The van der Waals surface area contributed by atoms with Crippen molar-refractivity contribution >= 4 is 23.3 Å². The number of amides is 3. The molecule has 0 aliphatic carbocycles. The molecule has 1 fully saturated rings. The predicted octanol–water partition coefficient (Wildman–Crippen LogP) is 1.29. The molecule has 98 valence electrons. The van der Waals surface area contributed by atoms with E-state index in [2.05, 4.69) is 18.3 Å². The van der Waals surface area contributed by atoms with Gasteiger partial charge in [-0.1, -0.05) is 6.07 Å². The lowest BCUT2D eigenvalue weighted by Crippen LogP contribution is -2.41. The molecule has 0 aromatic carbocycles. The average molecular weight is 267 g/mol. The smallest absolute Gasteiger partial charge is 0.324 e. The Balaban J connectivity index is 1.92. The number of nitrogens with one attached hydrogen (secondary N) is 1. The fourth-order valence-corrected chi connectivity index (χ4v) is 2.74. The van der Waals surface area contributed by atoms with Gasteiger partial charge in [0.25, 0.3) is 0 Å². The lowest BCUT2D eigenvalue weighted by atomic mass is 10.2. The molecule has 3 amide bonds. The normalized spacial score (nSPS) is 17.1. The molecule has 1 aliphatic heterocycles. The Morgan fingerprint density at radius 3 is 3.00 bits per heavy atom. The van der Waals surface area contributed by atoms with Crippen LogP contribution in [0.4, 0.5) is 4.79 Å². The summed E-state index contributed by atoms with van der Waals surface area (Å²) in [5.41, 5.74) is 0. The van der Waals surface area contributed by atoms with Crippen molar-refractivity contribution in [3.05, 3.63) is 22.4 Å². The number of likely N-dealkylation sites (N-methyl/N-ethyl adjacent to an activating group) is 1. The fraction of sp³-hybridized carbons (Fsp3) is 0.500. The van der Waals surface area contributed by atoms with E-state index in [1.807, 2.05) is 23.4 Å². The molecule has 1 aliphatic rings. The molecular formula is C12H17N3O2S. The van der Waals surface area contributed by atoms with Crippen molar-refractivity contribution < 1.29 is 9.59 Å². The lowest BCUT2D eigenvalue weighted by Gasteiger charge is -2.24. The van der Waals surface area contributed by atoms with Gasteiger partial charge in [0.05, 0.1) is 6.54 Å². The van der Waals surface area contributed by atoms with Gasteiger partial charge in [0.2, 0.25) is 5.91 Å². The average Bonchev–Trinajstić information content (AvgIpc) is 2.98. The molecular weight excluding hydrogens is 250 g/mol. The SMILES string of the molecule is CC(c1cccs1)N(C)CC(=O)N1CCNC1=O. The van der Waals surface area contributed by atoms with Crippen molar-refractivity contribution in [2.24, 2.45) is 0 Å². The number of hydrogen-bond acceptors (Lipinski definition) is 4. The van der Waals surface area contributed by atoms with Gasteiger partial charge in [-0.25, -0.2) is 4.79 Å². The summed E-state index contributed by atoms with van der Waals surface area (Å²) < 4.78 is 0. The lowest BCUT2D eigenvalue weighted by molar-refractivity contribution is -0.128. The van der Waals surface area contributed by atoms with E-state index in [0.717, 1.165) is 0 Å². The van der Waals surface area contributed by atoms with Crippen LogP contribution in [0.25, 0.3) is 0 Å². The van der Waals surface area contributed by atoms with Crippen molar-refractivity contribution in [3.63, 3.8) is 0 Å². The molecule has 1 N–H and O–H groups in total. The van der Waals surface area contributed by atoms with Crippen molar-refractivity contribution in [1.82, 2.24) is 15.1 Å². The first-order valence-corrected chi connectivity index (χ1v) is 6.79. The van der Waals surface area contributed by atoms with Gasteiger partial charge in [0, 0.05) is 24.0 Å². The number of urea groups is 1. The van der Waals surface area contributed by atoms with E-state index in [4.69, 9.17) is 0 Å². The maximum absolute atomic E-state index is 12.0. The van der Waals surface area contributed by atoms with E-state index in [9.17, 15) is 9.59 Å². The molecule has 1 aromatic heterocycles. The molecule has 18 heavy (non-hydrogen) atoms. The summed E-state index contributed by atoms with van der Waals surface area (Å²) in [5.74, 6) is -0.143. The summed E-state index contributed by atoms with van der Waals surface area (Å²) in [5, 5.41) is 4.65. The minimum absolute atomic E-state index is 0.143. The second-order valence-electron chi connectivity index (χ2n) is 4.38. The Morgan fingerprint density at radius 1 is 1.67 bits per heavy atom. The van der Waals surface area contributed by atoms with Crippen molar-refractivity contribution in [2.75, 3.05) is 26.7 Å². The van der Waals surface area contributed by atoms with Crippen LogP contribution in [-0.2, 0) is 4.79 Å². The minimum Gasteiger partial charge on any atom is -0.336 e. The van der Waals surface area contributed by atoms with Crippen LogP contribution in [0.2, 0.25) is 0 Å². The largest absolute Gasteiger partial charge is 0.336 e. The van der Waals surface area contributed by atoms with Crippen molar-refractivity contribution in [3.8, 4) is 0 Å². The number of thiophene rings is 1. The molecule has 0 spiro atoms. The van der Waals surface area contributed by atoms with E-state index in [-0.39, 0.29) is 24.5 Å². The fourth-order valence-electron chi connectivity index (χ4n) is 1.89. The number of rotatable bonds is 4. The Bertz CT molecular complexity index is 433. The van der Waals surface area contributed by atoms with E-state index < -0.39 is 0 Å². The Kier molecular flexibility index (Phi) is 3.98. The number of carbonyl (C=O) groups is 2. The van der Waals surface area contributed by atoms with Crippen LogP contribution in [0.1, 0.15) is 17.8 Å². The number of hydrogen-bond donors (Lipinski definition) is 1. The molecule has 0 radical (unpaired) electrons. The predicted molar refractivity (Wildman–Crippen MR) is 70.5 cm³/mol. The second-order valence-corrected chi connectivity index (χ2v) is 5.36. The van der Waals surface area contributed by atoms with Crippen LogP contribution >= 0.6 is 11.3 Å². The van der Waals surface area contributed by atoms with Gasteiger partial charge >= 0.3 is 6.03 Å². The Morgan fingerprint density at radius 2 is 2.44 bits per heavy atom. The first kappa shape index (κ1) is 13.0. The highest BCUT2D eigenvalue weighted by Gasteiger charge is 2.27. The van der Waals surface area contributed by atoms with Gasteiger partial charge in [-0.3, -0.25) is 14.6 Å². The molecule has 2 heterocycles. The van der Waals surface area contributed by atoms with Crippen LogP contribution in [0.15, 0.2) is 17.5 Å². The number of carbonyl (C=O) groups excluding carboxylic acids is 2. The standard InChI is InChI=1S/C12H17N3O2S/c1-9(10-4-3-7-18-10)14(2)8-11(16)15-6-5-13-12(15)17/h3-4,7,9H,5-6,8H2,1-2H3,(H,13,17). The number of nitrogens with zero attached hydrogens (tertiary/aromatic N) is 2. The zero-order valence-corrected chi connectivity index (χ0v) is 11.4. The monoisotopic (exact) mass is 267 g/mol. The molecule has 1 atom stereocenters. The third-order valence-corrected chi connectivity index (χ3v) is 4.20.